The second kappa shape index (κ2) is 6.80. The van der Waals surface area contributed by atoms with E-state index in [4.69, 9.17) is 5.73 Å². The molecule has 0 saturated heterocycles. The third kappa shape index (κ3) is 3.70. The summed E-state index contributed by atoms with van der Waals surface area (Å²) in [7, 11) is -4.39. The van der Waals surface area contributed by atoms with E-state index in [0.717, 1.165) is 11.0 Å². The van der Waals surface area contributed by atoms with Gasteiger partial charge in [0.15, 0.2) is 5.69 Å². The van der Waals surface area contributed by atoms with Crippen LogP contribution in [0.2, 0.25) is 0 Å². The maximum absolute atomic E-state index is 12.3. The quantitative estimate of drug-likeness (QED) is 0.666. The number of rotatable bonds is 4. The summed E-state index contributed by atoms with van der Waals surface area (Å²) in [4.78, 5) is 35.6. The van der Waals surface area contributed by atoms with E-state index >= 15 is 0 Å². The fraction of sp³-hybridized carbons (Fsp3) is 0.143. The SMILES string of the molecule is NC(=O)c1cc(S(=O)(=O)NC(=O)c2ccc3c(c2)NC(=O)CCS3)on1. The highest BCUT2D eigenvalue weighted by Gasteiger charge is 2.25. The summed E-state index contributed by atoms with van der Waals surface area (Å²) in [6.07, 6.45) is 0.336. The molecule has 0 atom stereocenters. The molecule has 3 rings (SSSR count). The van der Waals surface area contributed by atoms with Crippen LogP contribution in [-0.2, 0) is 14.8 Å². The number of amides is 3. The third-order valence-electron chi connectivity index (χ3n) is 3.34. The van der Waals surface area contributed by atoms with Crippen LogP contribution in [0.3, 0.4) is 0 Å². The van der Waals surface area contributed by atoms with Crippen LogP contribution in [0.5, 0.6) is 0 Å². The predicted molar refractivity (Wildman–Crippen MR) is 90.1 cm³/mol. The first-order chi connectivity index (χ1) is 12.3. The van der Waals surface area contributed by atoms with Crippen molar-refractivity contribution in [2.75, 3.05) is 11.1 Å². The first kappa shape index (κ1) is 17.9. The van der Waals surface area contributed by atoms with Gasteiger partial charge < -0.3 is 15.6 Å². The van der Waals surface area contributed by atoms with E-state index in [0.29, 0.717) is 17.9 Å². The van der Waals surface area contributed by atoms with Crippen LogP contribution in [0.15, 0.2) is 38.8 Å². The molecule has 2 aromatic rings. The zero-order chi connectivity index (χ0) is 18.9. The van der Waals surface area contributed by atoms with Gasteiger partial charge >= 0.3 is 10.0 Å². The number of carbonyl (C=O) groups is 3. The van der Waals surface area contributed by atoms with E-state index in [-0.39, 0.29) is 17.2 Å². The summed E-state index contributed by atoms with van der Waals surface area (Å²) in [6, 6.07) is 5.24. The van der Waals surface area contributed by atoms with Crippen LogP contribution in [0, 0.1) is 0 Å². The molecule has 0 bridgehead atoms. The fourth-order valence-electron chi connectivity index (χ4n) is 2.09. The molecule has 136 valence electrons. The number of thioether (sulfide) groups is 1. The standard InChI is InChI=1S/C14H12N4O6S2/c15-13(20)9-6-12(24-17-9)26(22,23)18-14(21)7-1-2-10-8(5-7)16-11(19)3-4-25-10/h1-2,5-6H,3-4H2,(H2,15,20)(H,16,19)(H,18,21). The van der Waals surface area contributed by atoms with E-state index in [1.165, 1.54) is 23.9 Å². The zero-order valence-corrected chi connectivity index (χ0v) is 14.6. The summed E-state index contributed by atoms with van der Waals surface area (Å²) >= 11 is 1.45. The van der Waals surface area contributed by atoms with Crippen molar-refractivity contribution in [3.8, 4) is 0 Å². The Morgan fingerprint density at radius 2 is 2.08 bits per heavy atom. The fourth-order valence-corrected chi connectivity index (χ4v) is 3.90. The van der Waals surface area contributed by atoms with Crippen molar-refractivity contribution < 1.29 is 27.3 Å². The van der Waals surface area contributed by atoms with Crippen LogP contribution in [-0.4, -0.2) is 37.0 Å². The smallest absolute Gasteiger partial charge is 0.300 e. The van der Waals surface area contributed by atoms with Gasteiger partial charge in [-0.3, -0.25) is 14.4 Å². The highest BCUT2D eigenvalue weighted by Crippen LogP contribution is 2.31. The topological polar surface area (TPSA) is 161 Å². The van der Waals surface area contributed by atoms with E-state index in [1.54, 1.807) is 10.8 Å². The zero-order valence-electron chi connectivity index (χ0n) is 13.0. The molecule has 1 aromatic heterocycles. The number of hydrogen-bond acceptors (Lipinski definition) is 8. The van der Waals surface area contributed by atoms with Crippen molar-refractivity contribution in [3.63, 3.8) is 0 Å². The molecule has 10 nitrogen and oxygen atoms in total. The average Bonchev–Trinajstić information content (AvgIpc) is 3.00. The van der Waals surface area contributed by atoms with Crippen molar-refractivity contribution in [1.82, 2.24) is 9.88 Å². The van der Waals surface area contributed by atoms with Crippen molar-refractivity contribution >= 4 is 45.2 Å². The van der Waals surface area contributed by atoms with E-state index in [2.05, 4.69) is 15.0 Å². The molecule has 0 aliphatic carbocycles. The van der Waals surface area contributed by atoms with Crippen molar-refractivity contribution in [1.29, 1.82) is 0 Å². The maximum atomic E-state index is 12.3. The normalized spacial score (nSPS) is 14.1. The van der Waals surface area contributed by atoms with Crippen LogP contribution >= 0.6 is 11.8 Å². The molecular formula is C14H12N4O6S2. The molecule has 12 heteroatoms. The number of nitrogens with two attached hydrogens (primary N) is 1. The highest BCUT2D eigenvalue weighted by atomic mass is 32.2. The number of anilines is 1. The van der Waals surface area contributed by atoms with Gasteiger partial charge in [0, 0.05) is 28.7 Å². The molecule has 0 spiro atoms. The Balaban J connectivity index is 1.83. The molecule has 0 saturated carbocycles. The molecule has 0 fully saturated rings. The van der Waals surface area contributed by atoms with E-state index < -0.39 is 26.9 Å². The summed E-state index contributed by atoms with van der Waals surface area (Å²) in [5, 5.41) is 5.14. The first-order valence-electron chi connectivity index (χ1n) is 7.16. The van der Waals surface area contributed by atoms with Crippen molar-refractivity contribution in [2.45, 2.75) is 16.4 Å². The molecule has 3 amide bonds. The second-order valence-corrected chi connectivity index (χ2v) is 7.94. The summed E-state index contributed by atoms with van der Waals surface area (Å²) in [5.74, 6) is -1.50. The maximum Gasteiger partial charge on any atom is 0.300 e. The van der Waals surface area contributed by atoms with E-state index in [9.17, 15) is 22.8 Å². The number of hydrogen-bond donors (Lipinski definition) is 3. The first-order valence-corrected chi connectivity index (χ1v) is 9.63. The lowest BCUT2D eigenvalue weighted by molar-refractivity contribution is -0.115. The van der Waals surface area contributed by atoms with Crippen LogP contribution in [0.4, 0.5) is 5.69 Å². The minimum Gasteiger partial charge on any atom is -0.364 e. The van der Waals surface area contributed by atoms with Crippen molar-refractivity contribution in [3.05, 3.63) is 35.5 Å². The molecule has 26 heavy (non-hydrogen) atoms. The molecule has 4 N–H and O–H groups in total. The largest absolute Gasteiger partial charge is 0.364 e. The van der Waals surface area contributed by atoms with Crippen LogP contribution < -0.4 is 15.8 Å². The number of carbonyl (C=O) groups excluding carboxylic acids is 3. The van der Waals surface area contributed by atoms with Gasteiger partial charge in [0.05, 0.1) is 5.69 Å². The minimum atomic E-state index is -4.39. The Morgan fingerprint density at radius 1 is 1.31 bits per heavy atom. The number of fused-ring (bicyclic) bond motifs is 1. The van der Waals surface area contributed by atoms with Gasteiger partial charge in [-0.05, 0) is 18.2 Å². The Bertz CT molecular complexity index is 1010. The predicted octanol–water partition coefficient (Wildman–Crippen LogP) is 0.326. The summed E-state index contributed by atoms with van der Waals surface area (Å²) in [5.41, 5.74) is 5.03. The lowest BCUT2D eigenvalue weighted by Gasteiger charge is -2.09. The molecule has 0 unspecified atom stereocenters. The van der Waals surface area contributed by atoms with E-state index in [1.807, 2.05) is 0 Å². The number of primary amides is 1. The van der Waals surface area contributed by atoms with Gasteiger partial charge in [-0.1, -0.05) is 5.16 Å². The van der Waals surface area contributed by atoms with Gasteiger partial charge in [-0.2, -0.15) is 8.42 Å². The molecule has 1 aromatic carbocycles. The summed E-state index contributed by atoms with van der Waals surface area (Å²) < 4.78 is 30.6. The second-order valence-electron chi connectivity index (χ2n) is 5.19. The Kier molecular flexibility index (Phi) is 4.70. The molecule has 1 aliphatic rings. The average molecular weight is 396 g/mol. The number of nitrogens with zero attached hydrogens (tertiary/aromatic N) is 1. The van der Waals surface area contributed by atoms with Gasteiger partial charge in [0.25, 0.3) is 16.9 Å². The lowest BCUT2D eigenvalue weighted by atomic mass is 10.2. The Morgan fingerprint density at radius 3 is 2.77 bits per heavy atom. The lowest BCUT2D eigenvalue weighted by Crippen LogP contribution is -2.30. The van der Waals surface area contributed by atoms with Gasteiger partial charge in [-0.15, -0.1) is 11.8 Å². The number of nitrogens with one attached hydrogen (secondary N) is 2. The van der Waals surface area contributed by atoms with Crippen LogP contribution in [0.1, 0.15) is 27.3 Å². The monoisotopic (exact) mass is 396 g/mol. The highest BCUT2D eigenvalue weighted by molar-refractivity contribution is 7.99. The molecule has 1 aliphatic heterocycles. The number of aromatic nitrogens is 1. The van der Waals surface area contributed by atoms with Crippen molar-refractivity contribution in [2.24, 2.45) is 5.73 Å². The Labute approximate surface area is 151 Å². The number of sulfonamides is 1. The third-order valence-corrected chi connectivity index (χ3v) is 5.59. The Hall–Kier alpha value is -2.86. The molecular weight excluding hydrogens is 384 g/mol. The van der Waals surface area contributed by atoms with Gasteiger partial charge in [0.2, 0.25) is 5.91 Å². The molecule has 2 heterocycles. The van der Waals surface area contributed by atoms with Gasteiger partial charge in [-0.25, -0.2) is 4.72 Å². The van der Waals surface area contributed by atoms with Gasteiger partial charge in [0.1, 0.15) is 0 Å². The van der Waals surface area contributed by atoms with Crippen LogP contribution in [0.25, 0.3) is 0 Å². The summed E-state index contributed by atoms with van der Waals surface area (Å²) in [6.45, 7) is 0. The number of benzene rings is 1. The molecule has 0 radical (unpaired) electrons. The minimum absolute atomic E-state index is 0.0183.